The molecular weight excluding hydrogens is 178 g/mol. The first-order chi connectivity index (χ1) is 6.07. The second-order valence-electron chi connectivity index (χ2n) is 4.10. The highest BCUT2D eigenvalue weighted by Gasteiger charge is 2.10. The quantitative estimate of drug-likeness (QED) is 0.682. The molecule has 0 aliphatic heterocycles. The van der Waals surface area contributed by atoms with E-state index in [-0.39, 0.29) is 0 Å². The van der Waals surface area contributed by atoms with Crippen LogP contribution in [0.1, 0.15) is 41.0 Å². The van der Waals surface area contributed by atoms with Crippen LogP contribution in [0.15, 0.2) is 0 Å². The van der Waals surface area contributed by atoms with Gasteiger partial charge < -0.3 is 5.32 Å². The van der Waals surface area contributed by atoms with Crippen molar-refractivity contribution < 1.29 is 0 Å². The van der Waals surface area contributed by atoms with E-state index in [0.29, 0.717) is 6.04 Å². The predicted molar refractivity (Wildman–Crippen MR) is 64.5 cm³/mol. The van der Waals surface area contributed by atoms with Gasteiger partial charge in [0.25, 0.3) is 0 Å². The van der Waals surface area contributed by atoms with Crippen LogP contribution in [-0.4, -0.2) is 23.6 Å². The van der Waals surface area contributed by atoms with Crippen LogP contribution >= 0.6 is 11.8 Å². The summed E-state index contributed by atoms with van der Waals surface area (Å²) in [5.41, 5.74) is 0. The molecule has 0 aromatic heterocycles. The normalized spacial score (nSPS) is 16.2. The van der Waals surface area contributed by atoms with Crippen molar-refractivity contribution in [3.8, 4) is 0 Å². The fourth-order valence-corrected chi connectivity index (χ4v) is 2.49. The van der Waals surface area contributed by atoms with Crippen molar-refractivity contribution in [2.45, 2.75) is 52.3 Å². The molecule has 0 aromatic carbocycles. The molecule has 2 atom stereocenters. The van der Waals surface area contributed by atoms with Crippen LogP contribution in [0.5, 0.6) is 0 Å². The molecule has 80 valence electrons. The summed E-state index contributed by atoms with van der Waals surface area (Å²) in [6, 6.07) is 0.641. The summed E-state index contributed by atoms with van der Waals surface area (Å²) in [6.07, 6.45) is 1.34. The molecule has 0 saturated heterocycles. The van der Waals surface area contributed by atoms with Crippen LogP contribution in [0.2, 0.25) is 0 Å². The molecule has 2 heteroatoms. The Bertz CT molecular complexity index is 115. The Balaban J connectivity index is 3.43. The van der Waals surface area contributed by atoms with E-state index in [4.69, 9.17) is 0 Å². The van der Waals surface area contributed by atoms with Gasteiger partial charge in [0.15, 0.2) is 0 Å². The summed E-state index contributed by atoms with van der Waals surface area (Å²) in [6.45, 7) is 12.4. The van der Waals surface area contributed by atoms with E-state index in [1.807, 2.05) is 0 Å². The molecule has 0 fully saturated rings. The number of rotatable bonds is 7. The Labute approximate surface area is 88.1 Å². The zero-order valence-electron chi connectivity index (χ0n) is 9.76. The summed E-state index contributed by atoms with van der Waals surface area (Å²) in [5.74, 6) is 2.14. The van der Waals surface area contributed by atoms with E-state index in [9.17, 15) is 0 Å². The molecule has 0 spiro atoms. The average Bonchev–Trinajstić information content (AvgIpc) is 2.04. The molecule has 0 heterocycles. The van der Waals surface area contributed by atoms with Crippen LogP contribution < -0.4 is 5.32 Å². The van der Waals surface area contributed by atoms with Gasteiger partial charge in [-0.15, -0.1) is 0 Å². The van der Waals surface area contributed by atoms with Gasteiger partial charge in [0, 0.05) is 11.3 Å². The lowest BCUT2D eigenvalue weighted by molar-refractivity contribution is 0.561. The molecule has 0 saturated carbocycles. The molecule has 0 amide bonds. The van der Waals surface area contributed by atoms with Crippen molar-refractivity contribution in [3.63, 3.8) is 0 Å². The molecule has 0 aliphatic carbocycles. The Hall–Kier alpha value is 0.310. The zero-order chi connectivity index (χ0) is 10.3. The summed E-state index contributed by atoms with van der Waals surface area (Å²) < 4.78 is 0. The molecule has 1 nitrogen and oxygen atoms in total. The van der Waals surface area contributed by atoms with Crippen LogP contribution in [0.25, 0.3) is 0 Å². The number of nitrogens with one attached hydrogen (secondary N) is 1. The van der Waals surface area contributed by atoms with Gasteiger partial charge in [-0.1, -0.05) is 27.7 Å². The van der Waals surface area contributed by atoms with Crippen molar-refractivity contribution in [1.29, 1.82) is 0 Å². The van der Waals surface area contributed by atoms with Crippen molar-refractivity contribution in [2.24, 2.45) is 5.92 Å². The summed E-state index contributed by atoms with van der Waals surface area (Å²) in [5, 5.41) is 4.20. The van der Waals surface area contributed by atoms with Crippen molar-refractivity contribution in [3.05, 3.63) is 0 Å². The second kappa shape index (κ2) is 7.69. The molecule has 0 aliphatic rings. The maximum atomic E-state index is 3.46. The molecule has 0 bridgehead atoms. The topological polar surface area (TPSA) is 12.0 Å². The molecule has 0 aromatic rings. The average molecular weight is 203 g/mol. The number of hydrogen-bond acceptors (Lipinski definition) is 2. The fraction of sp³-hybridized carbons (Fsp3) is 1.00. The first-order valence-corrected chi connectivity index (χ1v) is 6.47. The van der Waals surface area contributed by atoms with Gasteiger partial charge >= 0.3 is 0 Å². The Morgan fingerprint density at radius 1 is 1.15 bits per heavy atom. The van der Waals surface area contributed by atoms with Crippen LogP contribution in [0, 0.1) is 5.92 Å². The van der Waals surface area contributed by atoms with Gasteiger partial charge in [-0.25, -0.2) is 0 Å². The highest BCUT2D eigenvalue weighted by atomic mass is 32.2. The lowest BCUT2D eigenvalue weighted by atomic mass is 10.2. The van der Waals surface area contributed by atoms with Gasteiger partial charge in [0.1, 0.15) is 0 Å². The van der Waals surface area contributed by atoms with E-state index in [1.165, 1.54) is 12.2 Å². The third-order valence-corrected chi connectivity index (χ3v) is 3.71. The minimum atomic E-state index is 0.641. The van der Waals surface area contributed by atoms with E-state index in [1.54, 1.807) is 0 Å². The highest BCUT2D eigenvalue weighted by molar-refractivity contribution is 7.99. The summed E-state index contributed by atoms with van der Waals surface area (Å²) in [7, 11) is 0. The Kier molecular flexibility index (Phi) is 7.87. The zero-order valence-corrected chi connectivity index (χ0v) is 10.6. The van der Waals surface area contributed by atoms with Crippen LogP contribution in [-0.2, 0) is 0 Å². The highest BCUT2D eigenvalue weighted by Crippen LogP contribution is 2.17. The monoisotopic (exact) mass is 203 g/mol. The SMILES string of the molecule is CCNC(C)C(C)SCCC(C)C. The van der Waals surface area contributed by atoms with Crippen LogP contribution in [0.3, 0.4) is 0 Å². The molecule has 13 heavy (non-hydrogen) atoms. The molecule has 0 rings (SSSR count). The molecule has 0 radical (unpaired) electrons. The second-order valence-corrected chi connectivity index (χ2v) is 5.59. The summed E-state index contributed by atoms with van der Waals surface area (Å²) in [4.78, 5) is 0. The smallest absolute Gasteiger partial charge is 0.0170 e. The van der Waals surface area contributed by atoms with E-state index >= 15 is 0 Å². The number of thioether (sulfide) groups is 1. The summed E-state index contributed by atoms with van der Waals surface area (Å²) >= 11 is 2.09. The van der Waals surface area contributed by atoms with E-state index in [2.05, 4.69) is 51.7 Å². The maximum Gasteiger partial charge on any atom is 0.0170 e. The third kappa shape index (κ3) is 7.39. The van der Waals surface area contributed by atoms with Crippen molar-refractivity contribution in [1.82, 2.24) is 5.32 Å². The lowest BCUT2D eigenvalue weighted by Crippen LogP contribution is -2.33. The van der Waals surface area contributed by atoms with Gasteiger partial charge in [-0.3, -0.25) is 0 Å². The van der Waals surface area contributed by atoms with Gasteiger partial charge in [0.2, 0.25) is 0 Å². The van der Waals surface area contributed by atoms with E-state index in [0.717, 1.165) is 17.7 Å². The van der Waals surface area contributed by atoms with Gasteiger partial charge in [-0.2, -0.15) is 11.8 Å². The first-order valence-electron chi connectivity index (χ1n) is 5.42. The van der Waals surface area contributed by atoms with Gasteiger partial charge in [-0.05, 0) is 31.6 Å². The van der Waals surface area contributed by atoms with E-state index < -0.39 is 0 Å². The minimum absolute atomic E-state index is 0.641. The lowest BCUT2D eigenvalue weighted by Gasteiger charge is -2.20. The molecule has 2 unspecified atom stereocenters. The standard InChI is InChI=1S/C11H25NS/c1-6-12-10(4)11(5)13-8-7-9(2)3/h9-12H,6-8H2,1-5H3. The van der Waals surface area contributed by atoms with Gasteiger partial charge in [0.05, 0.1) is 0 Å². The number of hydrogen-bond donors (Lipinski definition) is 1. The minimum Gasteiger partial charge on any atom is -0.313 e. The predicted octanol–water partition coefficient (Wildman–Crippen LogP) is 3.15. The van der Waals surface area contributed by atoms with Crippen molar-refractivity contribution >= 4 is 11.8 Å². The van der Waals surface area contributed by atoms with Crippen molar-refractivity contribution in [2.75, 3.05) is 12.3 Å². The third-order valence-electron chi connectivity index (χ3n) is 2.31. The Morgan fingerprint density at radius 3 is 2.23 bits per heavy atom. The molecular formula is C11H25NS. The first kappa shape index (κ1) is 13.3. The largest absolute Gasteiger partial charge is 0.313 e. The molecule has 1 N–H and O–H groups in total. The fourth-order valence-electron chi connectivity index (χ4n) is 1.12. The maximum absolute atomic E-state index is 3.46. The Morgan fingerprint density at radius 2 is 1.77 bits per heavy atom. The van der Waals surface area contributed by atoms with Crippen LogP contribution in [0.4, 0.5) is 0 Å².